The molecular formula is C51H38N2O. The van der Waals surface area contributed by atoms with Crippen LogP contribution in [-0.4, -0.2) is 10.7 Å². The van der Waals surface area contributed by atoms with Crippen LogP contribution < -0.4 is 9.64 Å². The van der Waals surface area contributed by atoms with Gasteiger partial charge in [-0.3, -0.25) is 0 Å². The maximum Gasteiger partial charge on any atom is 0.132 e. The highest BCUT2D eigenvalue weighted by Gasteiger charge is 2.37. The summed E-state index contributed by atoms with van der Waals surface area (Å²) in [4.78, 5) is 2.42. The number of para-hydroxylation sites is 4. The Morgan fingerprint density at radius 1 is 0.519 bits per heavy atom. The summed E-state index contributed by atoms with van der Waals surface area (Å²) >= 11 is 0. The quantitative estimate of drug-likeness (QED) is 0.182. The smallest absolute Gasteiger partial charge is 0.132 e. The summed E-state index contributed by atoms with van der Waals surface area (Å²) in [6.45, 7) is 4.72. The first-order chi connectivity index (χ1) is 26.5. The average Bonchev–Trinajstić information content (AvgIpc) is 3.77. The number of rotatable bonds is 4. The number of benzene rings is 7. The molecule has 11 rings (SSSR count). The van der Waals surface area contributed by atoms with Gasteiger partial charge in [0, 0.05) is 44.6 Å². The van der Waals surface area contributed by atoms with Crippen LogP contribution in [0.4, 0.5) is 17.1 Å². The maximum atomic E-state index is 6.50. The standard InChI is InChI=1S/C51H38N2O/c1-51(2)43-19-8-10-21-47(43)53(36-13-4-3-5-14-36)48-30-26-35(32-44(48)51)34-25-29-46-42(31-34)39-15-6-9-20-45(39)52(46)37-27-23-33(24-28-37)38-17-12-18-41-40-16-7-11-22-49(40)54-50(38)41/h3-32,40,49H,1-2H3. The topological polar surface area (TPSA) is 17.4 Å². The number of nitrogens with zero attached hydrogens (tertiary/aromatic N) is 2. The van der Waals surface area contributed by atoms with E-state index in [1.807, 2.05) is 0 Å². The summed E-state index contributed by atoms with van der Waals surface area (Å²) in [6.07, 6.45) is 8.70. The Morgan fingerprint density at radius 2 is 1.22 bits per heavy atom. The van der Waals surface area contributed by atoms with Gasteiger partial charge in [-0.05, 0) is 94.6 Å². The van der Waals surface area contributed by atoms with Crippen molar-refractivity contribution in [1.82, 2.24) is 4.57 Å². The molecule has 258 valence electrons. The number of hydrogen-bond acceptors (Lipinski definition) is 2. The minimum Gasteiger partial charge on any atom is -0.484 e. The first-order valence-corrected chi connectivity index (χ1v) is 18.9. The van der Waals surface area contributed by atoms with Crippen LogP contribution in [0.15, 0.2) is 182 Å². The number of fused-ring (bicyclic) bond motifs is 8. The van der Waals surface area contributed by atoms with E-state index in [9.17, 15) is 0 Å². The number of ether oxygens (including phenoxy) is 1. The Morgan fingerprint density at radius 3 is 2.11 bits per heavy atom. The zero-order valence-corrected chi connectivity index (χ0v) is 30.3. The first-order valence-electron chi connectivity index (χ1n) is 18.9. The van der Waals surface area contributed by atoms with Crippen molar-refractivity contribution in [3.63, 3.8) is 0 Å². The van der Waals surface area contributed by atoms with E-state index in [1.165, 1.54) is 66.7 Å². The van der Waals surface area contributed by atoms with Crippen molar-refractivity contribution in [3.8, 4) is 33.7 Å². The molecule has 3 heterocycles. The van der Waals surface area contributed by atoms with Gasteiger partial charge in [0.25, 0.3) is 0 Å². The Hall–Kier alpha value is -6.58. The molecule has 0 spiro atoms. The molecule has 8 aromatic rings. The highest BCUT2D eigenvalue weighted by atomic mass is 16.5. The second-order valence-electron chi connectivity index (χ2n) is 15.3. The van der Waals surface area contributed by atoms with E-state index in [-0.39, 0.29) is 17.4 Å². The highest BCUT2D eigenvalue weighted by Crippen LogP contribution is 2.53. The van der Waals surface area contributed by atoms with Gasteiger partial charge >= 0.3 is 0 Å². The average molecular weight is 695 g/mol. The van der Waals surface area contributed by atoms with Gasteiger partial charge in [-0.15, -0.1) is 0 Å². The summed E-state index contributed by atoms with van der Waals surface area (Å²) in [5.74, 6) is 1.28. The zero-order chi connectivity index (χ0) is 36.0. The van der Waals surface area contributed by atoms with E-state index in [2.05, 4.69) is 205 Å². The lowest BCUT2D eigenvalue weighted by Crippen LogP contribution is -2.30. The molecule has 0 fully saturated rings. The fourth-order valence-electron chi connectivity index (χ4n) is 9.25. The molecule has 2 aliphatic heterocycles. The van der Waals surface area contributed by atoms with Gasteiger partial charge in [0.15, 0.2) is 0 Å². The van der Waals surface area contributed by atoms with Crippen molar-refractivity contribution in [3.05, 3.63) is 199 Å². The maximum absolute atomic E-state index is 6.50. The first kappa shape index (κ1) is 31.0. The predicted octanol–water partition coefficient (Wildman–Crippen LogP) is 13.2. The van der Waals surface area contributed by atoms with Gasteiger partial charge in [0.05, 0.1) is 22.4 Å². The molecule has 0 saturated heterocycles. The summed E-state index contributed by atoms with van der Waals surface area (Å²) in [7, 11) is 0. The number of hydrogen-bond donors (Lipinski definition) is 0. The molecule has 0 amide bonds. The molecule has 0 bridgehead atoms. The normalized spacial score (nSPS) is 17.6. The minimum absolute atomic E-state index is 0.0708. The summed E-state index contributed by atoms with van der Waals surface area (Å²) in [6, 6.07) is 57.9. The zero-order valence-electron chi connectivity index (χ0n) is 30.3. The number of anilines is 3. The van der Waals surface area contributed by atoms with Crippen LogP contribution >= 0.6 is 0 Å². The molecule has 2 atom stereocenters. The molecule has 1 aromatic heterocycles. The fourth-order valence-corrected chi connectivity index (χ4v) is 9.25. The molecule has 3 nitrogen and oxygen atoms in total. The van der Waals surface area contributed by atoms with Gasteiger partial charge < -0.3 is 14.2 Å². The minimum atomic E-state index is -0.169. The number of aromatic nitrogens is 1. The van der Waals surface area contributed by atoms with Crippen LogP contribution in [0.25, 0.3) is 49.7 Å². The van der Waals surface area contributed by atoms with Gasteiger partial charge in [0.2, 0.25) is 0 Å². The third-order valence-electron chi connectivity index (χ3n) is 11.9. The summed E-state index contributed by atoms with van der Waals surface area (Å²) in [5, 5.41) is 2.50. The second kappa shape index (κ2) is 11.7. The Balaban J connectivity index is 1.00. The van der Waals surface area contributed by atoms with Crippen molar-refractivity contribution in [2.24, 2.45) is 0 Å². The van der Waals surface area contributed by atoms with Crippen LogP contribution in [0.1, 0.15) is 36.5 Å². The SMILES string of the molecule is CC1(C)c2ccccc2N(c2ccccc2)c2ccc(-c3ccc4c(c3)c3ccccc3n4-c3ccc(-c4cccc5c4OC4C=CC=CC54)cc3)cc21. The van der Waals surface area contributed by atoms with E-state index in [0.717, 1.165) is 22.6 Å². The van der Waals surface area contributed by atoms with Crippen LogP contribution in [0.2, 0.25) is 0 Å². The van der Waals surface area contributed by atoms with Crippen LogP contribution in [0.5, 0.6) is 5.75 Å². The van der Waals surface area contributed by atoms with Crippen LogP contribution in [0, 0.1) is 0 Å². The third-order valence-corrected chi connectivity index (χ3v) is 11.9. The molecule has 3 heteroatoms. The molecule has 0 N–H and O–H groups in total. The van der Waals surface area contributed by atoms with Crippen LogP contribution in [0.3, 0.4) is 0 Å². The Kier molecular flexibility index (Phi) is 6.72. The number of allylic oxidation sites excluding steroid dienone is 2. The van der Waals surface area contributed by atoms with Gasteiger partial charge in [-0.25, -0.2) is 0 Å². The van der Waals surface area contributed by atoms with Crippen molar-refractivity contribution in [2.45, 2.75) is 31.3 Å². The lowest BCUT2D eigenvalue weighted by atomic mass is 9.73. The van der Waals surface area contributed by atoms with E-state index >= 15 is 0 Å². The monoisotopic (exact) mass is 694 g/mol. The molecule has 2 unspecified atom stereocenters. The van der Waals surface area contributed by atoms with E-state index in [0.29, 0.717) is 0 Å². The van der Waals surface area contributed by atoms with Crippen LogP contribution in [-0.2, 0) is 5.41 Å². The lowest BCUT2D eigenvalue weighted by molar-refractivity contribution is 0.270. The van der Waals surface area contributed by atoms with E-state index < -0.39 is 0 Å². The Labute approximate surface area is 315 Å². The van der Waals surface area contributed by atoms with E-state index in [4.69, 9.17) is 4.74 Å². The predicted molar refractivity (Wildman–Crippen MR) is 224 cm³/mol. The van der Waals surface area contributed by atoms with Crippen molar-refractivity contribution in [1.29, 1.82) is 0 Å². The van der Waals surface area contributed by atoms with Crippen molar-refractivity contribution in [2.75, 3.05) is 4.90 Å². The van der Waals surface area contributed by atoms with Gasteiger partial charge in [0.1, 0.15) is 11.9 Å². The van der Waals surface area contributed by atoms with Gasteiger partial charge in [-0.2, -0.15) is 0 Å². The fraction of sp³-hybridized carbons (Fsp3) is 0.0980. The molecule has 0 radical (unpaired) electrons. The largest absolute Gasteiger partial charge is 0.484 e. The highest BCUT2D eigenvalue weighted by molar-refractivity contribution is 6.10. The molecular weight excluding hydrogens is 657 g/mol. The Bertz CT molecular complexity index is 2840. The molecule has 7 aromatic carbocycles. The lowest BCUT2D eigenvalue weighted by Gasteiger charge is -2.42. The molecule has 0 saturated carbocycles. The molecule has 54 heavy (non-hydrogen) atoms. The van der Waals surface area contributed by atoms with Crippen molar-refractivity contribution >= 4 is 38.9 Å². The van der Waals surface area contributed by atoms with Gasteiger partial charge in [-0.1, -0.05) is 129 Å². The van der Waals surface area contributed by atoms with Crippen molar-refractivity contribution < 1.29 is 4.74 Å². The summed E-state index contributed by atoms with van der Waals surface area (Å²) in [5.41, 5.74) is 15.7. The second-order valence-corrected chi connectivity index (χ2v) is 15.3. The summed E-state index contributed by atoms with van der Waals surface area (Å²) < 4.78 is 8.90. The van der Waals surface area contributed by atoms with E-state index in [1.54, 1.807) is 0 Å². The molecule has 1 aliphatic carbocycles. The third kappa shape index (κ3) is 4.55. The molecule has 3 aliphatic rings.